The SMILES string of the molecule is O=C(O)c1ccc(C(N2CC=NC2)C(c2ccccc2)(c2ccccc2)c2ccccc2)cc1-c1ccccc1. The highest BCUT2D eigenvalue weighted by molar-refractivity contribution is 5.96. The minimum Gasteiger partial charge on any atom is -0.478 e. The van der Waals surface area contributed by atoms with E-state index in [4.69, 9.17) is 0 Å². The van der Waals surface area contributed by atoms with Gasteiger partial charge in [0, 0.05) is 12.8 Å². The van der Waals surface area contributed by atoms with Crippen LogP contribution in [0.25, 0.3) is 11.1 Å². The second-order valence-electron chi connectivity index (χ2n) is 10.1. The molecule has 0 aliphatic carbocycles. The molecule has 0 bridgehead atoms. The molecule has 0 radical (unpaired) electrons. The van der Waals surface area contributed by atoms with E-state index in [1.54, 1.807) is 6.07 Å². The number of carboxylic acid groups (broad SMARTS) is 1. The highest BCUT2D eigenvalue weighted by Gasteiger charge is 2.47. The highest BCUT2D eigenvalue weighted by Crippen LogP contribution is 2.52. The van der Waals surface area contributed by atoms with E-state index in [9.17, 15) is 9.90 Å². The van der Waals surface area contributed by atoms with Crippen LogP contribution in [0.2, 0.25) is 0 Å². The topological polar surface area (TPSA) is 52.9 Å². The minimum absolute atomic E-state index is 0.187. The molecule has 1 unspecified atom stereocenters. The van der Waals surface area contributed by atoms with Crippen LogP contribution in [0, 0.1) is 0 Å². The minimum atomic E-state index is -0.938. The van der Waals surface area contributed by atoms with Crippen molar-refractivity contribution in [2.45, 2.75) is 11.5 Å². The van der Waals surface area contributed by atoms with Gasteiger partial charge in [-0.3, -0.25) is 9.89 Å². The van der Waals surface area contributed by atoms with Crippen LogP contribution in [-0.4, -0.2) is 35.4 Å². The molecule has 1 aliphatic rings. The number of aliphatic imine (C=N–C) groups is 1. The fourth-order valence-corrected chi connectivity index (χ4v) is 6.16. The molecule has 5 aromatic carbocycles. The van der Waals surface area contributed by atoms with Gasteiger partial charge in [-0.2, -0.15) is 0 Å². The summed E-state index contributed by atoms with van der Waals surface area (Å²) in [5.74, 6) is -0.938. The zero-order valence-corrected chi connectivity index (χ0v) is 22.1. The molecule has 1 heterocycles. The van der Waals surface area contributed by atoms with Crippen molar-refractivity contribution in [3.63, 3.8) is 0 Å². The molecule has 0 aromatic heterocycles. The third kappa shape index (κ3) is 4.53. The van der Waals surface area contributed by atoms with Gasteiger partial charge >= 0.3 is 5.97 Å². The van der Waals surface area contributed by atoms with E-state index in [1.807, 2.05) is 60.8 Å². The smallest absolute Gasteiger partial charge is 0.336 e. The summed E-state index contributed by atoms with van der Waals surface area (Å²) in [4.78, 5) is 19.4. The maximum absolute atomic E-state index is 12.4. The van der Waals surface area contributed by atoms with Gasteiger partial charge in [0.05, 0.1) is 23.7 Å². The lowest BCUT2D eigenvalue weighted by molar-refractivity contribution is 0.0697. The van der Waals surface area contributed by atoms with E-state index in [2.05, 4.69) is 88.8 Å². The molecule has 0 spiro atoms. The van der Waals surface area contributed by atoms with Crippen LogP contribution in [0.5, 0.6) is 0 Å². The summed E-state index contributed by atoms with van der Waals surface area (Å²) in [6.07, 6.45) is 1.97. The number of rotatable bonds is 8. The fourth-order valence-electron chi connectivity index (χ4n) is 6.16. The molecule has 0 amide bonds. The van der Waals surface area contributed by atoms with E-state index < -0.39 is 11.4 Å². The number of carbonyl (C=O) groups is 1. The van der Waals surface area contributed by atoms with Crippen LogP contribution < -0.4 is 0 Å². The number of carboxylic acids is 1. The Morgan fingerprint density at radius 2 is 1.20 bits per heavy atom. The molecule has 1 N–H and O–H groups in total. The van der Waals surface area contributed by atoms with Crippen LogP contribution in [0.4, 0.5) is 0 Å². The number of nitrogens with zero attached hydrogens (tertiary/aromatic N) is 2. The van der Waals surface area contributed by atoms with Crippen LogP contribution in [-0.2, 0) is 5.41 Å². The molecule has 0 fully saturated rings. The lowest BCUT2D eigenvalue weighted by Crippen LogP contribution is -2.45. The summed E-state index contributed by atoms with van der Waals surface area (Å²) >= 11 is 0. The van der Waals surface area contributed by atoms with Gasteiger partial charge in [0.25, 0.3) is 0 Å². The zero-order chi connectivity index (χ0) is 27.4. The highest BCUT2D eigenvalue weighted by atomic mass is 16.4. The summed E-state index contributed by atoms with van der Waals surface area (Å²) in [5, 5.41) is 10.1. The first-order valence-electron chi connectivity index (χ1n) is 13.5. The Balaban J connectivity index is 1.70. The summed E-state index contributed by atoms with van der Waals surface area (Å²) in [5.41, 5.74) is 5.77. The van der Waals surface area contributed by atoms with Crippen LogP contribution in [0.1, 0.15) is 38.7 Å². The lowest BCUT2D eigenvalue weighted by atomic mass is 9.62. The van der Waals surface area contributed by atoms with Crippen LogP contribution >= 0.6 is 0 Å². The quantitative estimate of drug-likeness (QED) is 0.215. The van der Waals surface area contributed by atoms with Gasteiger partial charge in [0.15, 0.2) is 0 Å². The molecule has 196 valence electrons. The molecule has 1 atom stereocenters. The summed E-state index contributed by atoms with van der Waals surface area (Å²) in [7, 11) is 0. The Morgan fingerprint density at radius 3 is 1.65 bits per heavy atom. The summed E-state index contributed by atoms with van der Waals surface area (Å²) in [6, 6.07) is 47.3. The first-order chi connectivity index (χ1) is 19.7. The Labute approximate surface area is 234 Å². The van der Waals surface area contributed by atoms with Crippen molar-refractivity contribution >= 4 is 12.2 Å². The third-order valence-electron chi connectivity index (χ3n) is 7.85. The molecular weight excluding hydrogens is 492 g/mol. The van der Waals surface area contributed by atoms with Gasteiger partial charge in [-0.25, -0.2) is 4.79 Å². The molecule has 4 heteroatoms. The Bertz CT molecular complexity index is 1510. The molecule has 4 nitrogen and oxygen atoms in total. The van der Waals surface area contributed by atoms with Crippen LogP contribution in [0.15, 0.2) is 145 Å². The van der Waals surface area contributed by atoms with Crippen molar-refractivity contribution < 1.29 is 9.90 Å². The molecule has 1 aliphatic heterocycles. The van der Waals surface area contributed by atoms with E-state index in [0.29, 0.717) is 18.8 Å². The van der Waals surface area contributed by atoms with Crippen molar-refractivity contribution in [1.29, 1.82) is 0 Å². The van der Waals surface area contributed by atoms with Crippen LogP contribution in [0.3, 0.4) is 0 Å². The van der Waals surface area contributed by atoms with E-state index >= 15 is 0 Å². The Kier molecular flexibility index (Phi) is 7.09. The standard InChI is InChI=1S/C36H30N2O2/c39-35(40)32-22-21-28(25-33(32)27-13-5-1-6-14-27)34(38-24-23-37-26-38)36(29-15-7-2-8-16-29,30-17-9-3-10-18-30)31-19-11-4-12-20-31/h1-23,25,34H,24,26H2,(H,39,40). The molecule has 0 saturated heterocycles. The van der Waals surface area contributed by atoms with Crippen molar-refractivity contribution in [3.8, 4) is 11.1 Å². The van der Waals surface area contributed by atoms with Gasteiger partial charge in [-0.1, -0.05) is 127 Å². The molecule has 40 heavy (non-hydrogen) atoms. The first-order valence-corrected chi connectivity index (χ1v) is 13.5. The average molecular weight is 523 g/mol. The third-order valence-corrected chi connectivity index (χ3v) is 7.85. The van der Waals surface area contributed by atoms with Crippen molar-refractivity contribution in [1.82, 2.24) is 4.90 Å². The number of aromatic carboxylic acids is 1. The second kappa shape index (κ2) is 11.1. The second-order valence-corrected chi connectivity index (χ2v) is 10.1. The largest absolute Gasteiger partial charge is 0.478 e. The van der Waals surface area contributed by atoms with E-state index in [1.165, 1.54) is 0 Å². The van der Waals surface area contributed by atoms with Gasteiger partial charge < -0.3 is 5.11 Å². The monoisotopic (exact) mass is 522 g/mol. The average Bonchev–Trinajstić information content (AvgIpc) is 3.56. The van der Waals surface area contributed by atoms with E-state index in [0.717, 1.165) is 27.8 Å². The Morgan fingerprint density at radius 1 is 0.700 bits per heavy atom. The van der Waals surface area contributed by atoms with Crippen molar-refractivity contribution in [2.24, 2.45) is 4.99 Å². The number of hydrogen-bond donors (Lipinski definition) is 1. The van der Waals surface area contributed by atoms with Gasteiger partial charge in [0.2, 0.25) is 0 Å². The number of benzene rings is 5. The fraction of sp³-hybridized carbons (Fsp3) is 0.111. The molecule has 5 aromatic rings. The van der Waals surface area contributed by atoms with Crippen molar-refractivity contribution in [2.75, 3.05) is 13.2 Å². The maximum atomic E-state index is 12.4. The van der Waals surface area contributed by atoms with Crippen molar-refractivity contribution in [3.05, 3.63) is 167 Å². The number of hydrogen-bond acceptors (Lipinski definition) is 3. The Hall–Kier alpha value is -4.80. The van der Waals surface area contributed by atoms with Gasteiger partial charge in [-0.05, 0) is 45.5 Å². The maximum Gasteiger partial charge on any atom is 0.336 e. The molecular formula is C36H30N2O2. The zero-order valence-electron chi connectivity index (χ0n) is 22.1. The first kappa shape index (κ1) is 25.5. The summed E-state index contributed by atoms with van der Waals surface area (Å²) in [6.45, 7) is 1.25. The van der Waals surface area contributed by atoms with E-state index in [-0.39, 0.29) is 11.6 Å². The predicted molar refractivity (Wildman–Crippen MR) is 161 cm³/mol. The van der Waals surface area contributed by atoms with Gasteiger partial charge in [-0.15, -0.1) is 0 Å². The van der Waals surface area contributed by atoms with Gasteiger partial charge in [0.1, 0.15) is 0 Å². The predicted octanol–water partition coefficient (Wildman–Crippen LogP) is 7.47. The molecule has 6 rings (SSSR count). The molecule has 0 saturated carbocycles. The lowest BCUT2D eigenvalue weighted by Gasteiger charge is -2.47. The normalized spacial score (nSPS) is 14.2. The summed E-state index contributed by atoms with van der Waals surface area (Å²) < 4.78 is 0.